The fraction of sp³-hybridized carbons (Fsp3) is 0.115. The minimum Gasteiger partial charge on any atom is -0.368 e. The van der Waals surface area contributed by atoms with E-state index in [1.54, 1.807) is 41.6 Å². The summed E-state index contributed by atoms with van der Waals surface area (Å²) in [5.74, 6) is -0.250. The van der Waals surface area contributed by atoms with Gasteiger partial charge in [0.25, 0.3) is 5.91 Å². The molecule has 0 atom stereocenters. The van der Waals surface area contributed by atoms with Crippen LogP contribution in [0.5, 0.6) is 0 Å². The first-order chi connectivity index (χ1) is 16.5. The Morgan fingerprint density at radius 2 is 1.94 bits per heavy atom. The van der Waals surface area contributed by atoms with E-state index >= 15 is 0 Å². The van der Waals surface area contributed by atoms with Crippen LogP contribution in [-0.4, -0.2) is 38.8 Å². The number of carbonyl (C=O) groups excluding carboxylic acids is 1. The molecule has 0 saturated carbocycles. The molecule has 6 nitrogen and oxygen atoms in total. The molecule has 3 N–H and O–H groups in total. The number of nitrogens with one attached hydrogen (secondary N) is 1. The molecule has 2 aromatic carbocycles. The minimum atomic E-state index is -0.248. The quantitative estimate of drug-likeness (QED) is 0.413. The standard InChI is InChI=1S/C26H21ClFN5O/c27-19-5-3-4-17(12-19)21-15-31-26(29)32-24(21)18-13-23(30-14-18)25(34)33-10-8-16(9-11-33)20-6-1-2-7-22(20)28/h1-8,12-15,30H,9-11H2,(H2,29,31,32). The summed E-state index contributed by atoms with van der Waals surface area (Å²) >= 11 is 6.17. The van der Waals surface area contributed by atoms with Crippen LogP contribution >= 0.6 is 11.6 Å². The van der Waals surface area contributed by atoms with Gasteiger partial charge in [-0.2, -0.15) is 0 Å². The maximum atomic E-state index is 14.1. The first-order valence-electron chi connectivity index (χ1n) is 10.8. The maximum absolute atomic E-state index is 14.1. The van der Waals surface area contributed by atoms with Crippen LogP contribution < -0.4 is 5.73 Å². The SMILES string of the molecule is Nc1ncc(-c2cccc(Cl)c2)c(-c2c[nH]c(C(=O)N3CC=C(c4ccccc4F)CC3)c2)n1. The molecule has 34 heavy (non-hydrogen) atoms. The van der Waals surface area contributed by atoms with Crippen LogP contribution in [0.3, 0.4) is 0 Å². The molecule has 5 rings (SSSR count). The number of anilines is 1. The number of aromatic amines is 1. The van der Waals surface area contributed by atoms with Crippen LogP contribution in [0.25, 0.3) is 28.0 Å². The van der Waals surface area contributed by atoms with Crippen LogP contribution in [0, 0.1) is 5.82 Å². The van der Waals surface area contributed by atoms with Crippen molar-refractivity contribution in [1.82, 2.24) is 19.9 Å². The van der Waals surface area contributed by atoms with Gasteiger partial charge in [0.1, 0.15) is 11.5 Å². The molecule has 0 saturated heterocycles. The molecule has 1 aliphatic rings. The van der Waals surface area contributed by atoms with Crippen molar-refractivity contribution in [2.45, 2.75) is 6.42 Å². The number of benzene rings is 2. The monoisotopic (exact) mass is 473 g/mol. The molecule has 170 valence electrons. The van der Waals surface area contributed by atoms with Gasteiger partial charge < -0.3 is 15.6 Å². The Kier molecular flexibility index (Phi) is 5.86. The zero-order valence-corrected chi connectivity index (χ0v) is 18.9. The van der Waals surface area contributed by atoms with Gasteiger partial charge in [0.2, 0.25) is 5.95 Å². The first-order valence-corrected chi connectivity index (χ1v) is 11.2. The molecule has 0 fully saturated rings. The third-order valence-corrected chi connectivity index (χ3v) is 6.08. The predicted molar refractivity (Wildman–Crippen MR) is 132 cm³/mol. The Labute approximate surface area is 200 Å². The number of H-pyrrole nitrogens is 1. The van der Waals surface area contributed by atoms with Crippen molar-refractivity contribution in [3.8, 4) is 22.4 Å². The van der Waals surface area contributed by atoms with E-state index in [0.717, 1.165) is 16.7 Å². The van der Waals surface area contributed by atoms with E-state index < -0.39 is 0 Å². The Hall–Kier alpha value is -3.97. The topological polar surface area (TPSA) is 87.9 Å². The second kappa shape index (κ2) is 9.11. The third-order valence-electron chi connectivity index (χ3n) is 5.85. The van der Waals surface area contributed by atoms with E-state index in [1.165, 1.54) is 6.07 Å². The van der Waals surface area contributed by atoms with Crippen molar-refractivity contribution < 1.29 is 9.18 Å². The van der Waals surface area contributed by atoms with Gasteiger partial charge in [0.05, 0.1) is 5.69 Å². The number of rotatable bonds is 4. The summed E-state index contributed by atoms with van der Waals surface area (Å²) in [5, 5.41) is 0.595. The molecule has 4 aromatic rings. The van der Waals surface area contributed by atoms with Gasteiger partial charge in [0.15, 0.2) is 0 Å². The van der Waals surface area contributed by atoms with E-state index in [-0.39, 0.29) is 17.7 Å². The normalized spacial score (nSPS) is 13.6. The second-order valence-electron chi connectivity index (χ2n) is 8.01. The number of hydrogen-bond donors (Lipinski definition) is 2. The molecule has 1 amide bonds. The molecule has 2 aromatic heterocycles. The Bertz CT molecular complexity index is 1410. The lowest BCUT2D eigenvalue weighted by atomic mass is 9.99. The zero-order valence-electron chi connectivity index (χ0n) is 18.1. The van der Waals surface area contributed by atoms with Crippen LogP contribution in [0.4, 0.5) is 10.3 Å². The van der Waals surface area contributed by atoms with Crippen LogP contribution in [-0.2, 0) is 0 Å². The zero-order chi connectivity index (χ0) is 23.7. The van der Waals surface area contributed by atoms with Crippen molar-refractivity contribution in [2.24, 2.45) is 0 Å². The fourth-order valence-electron chi connectivity index (χ4n) is 4.13. The summed E-state index contributed by atoms with van der Waals surface area (Å²) in [6.07, 6.45) is 5.87. The summed E-state index contributed by atoms with van der Waals surface area (Å²) in [7, 11) is 0. The Morgan fingerprint density at radius 1 is 1.09 bits per heavy atom. The maximum Gasteiger partial charge on any atom is 0.270 e. The van der Waals surface area contributed by atoms with Crippen LogP contribution in [0.1, 0.15) is 22.5 Å². The van der Waals surface area contributed by atoms with Crippen molar-refractivity contribution in [2.75, 3.05) is 18.8 Å². The first kappa shape index (κ1) is 21.9. The molecular formula is C26H21ClFN5O. The lowest BCUT2D eigenvalue weighted by Gasteiger charge is -2.26. The molecule has 0 bridgehead atoms. The van der Waals surface area contributed by atoms with Gasteiger partial charge in [-0.1, -0.05) is 48.0 Å². The van der Waals surface area contributed by atoms with Gasteiger partial charge >= 0.3 is 0 Å². The number of hydrogen-bond acceptors (Lipinski definition) is 4. The van der Waals surface area contributed by atoms with Crippen molar-refractivity contribution in [1.29, 1.82) is 0 Å². The molecule has 1 aliphatic heterocycles. The average Bonchev–Trinajstić information content (AvgIpc) is 3.34. The van der Waals surface area contributed by atoms with Crippen LogP contribution in [0.15, 0.2) is 73.1 Å². The predicted octanol–water partition coefficient (Wildman–Crippen LogP) is 5.44. The van der Waals surface area contributed by atoms with Gasteiger partial charge in [-0.05, 0) is 41.8 Å². The number of carbonyl (C=O) groups is 1. The Morgan fingerprint density at radius 3 is 2.71 bits per heavy atom. The number of halogens is 2. The molecular weight excluding hydrogens is 453 g/mol. The number of aromatic nitrogens is 3. The van der Waals surface area contributed by atoms with Crippen molar-refractivity contribution in [3.05, 3.63) is 95.2 Å². The van der Waals surface area contributed by atoms with E-state index in [0.29, 0.717) is 47.0 Å². The van der Waals surface area contributed by atoms with Crippen molar-refractivity contribution in [3.63, 3.8) is 0 Å². The van der Waals surface area contributed by atoms with Gasteiger partial charge in [0, 0.05) is 47.2 Å². The van der Waals surface area contributed by atoms with Gasteiger partial charge in [-0.15, -0.1) is 0 Å². The van der Waals surface area contributed by atoms with E-state index in [1.807, 2.05) is 30.3 Å². The Balaban J connectivity index is 1.40. The summed E-state index contributed by atoms with van der Waals surface area (Å²) in [5.41, 5.74) is 10.7. The van der Waals surface area contributed by atoms with Crippen molar-refractivity contribution >= 4 is 29.0 Å². The molecule has 8 heteroatoms. The van der Waals surface area contributed by atoms with Crippen LogP contribution in [0.2, 0.25) is 5.02 Å². The molecule has 0 unspecified atom stereocenters. The fourth-order valence-corrected chi connectivity index (χ4v) is 4.32. The molecule has 3 heterocycles. The van der Waals surface area contributed by atoms with E-state index in [9.17, 15) is 9.18 Å². The highest BCUT2D eigenvalue weighted by Gasteiger charge is 2.22. The third kappa shape index (κ3) is 4.30. The van der Waals surface area contributed by atoms with E-state index in [4.69, 9.17) is 17.3 Å². The summed E-state index contributed by atoms with van der Waals surface area (Å²) in [6, 6.07) is 15.8. The van der Waals surface area contributed by atoms with Gasteiger partial charge in [-0.3, -0.25) is 4.79 Å². The number of amides is 1. The lowest BCUT2D eigenvalue weighted by Crippen LogP contribution is -2.34. The smallest absolute Gasteiger partial charge is 0.270 e. The highest BCUT2D eigenvalue weighted by Crippen LogP contribution is 2.32. The highest BCUT2D eigenvalue weighted by molar-refractivity contribution is 6.30. The molecule has 0 spiro atoms. The summed E-state index contributed by atoms with van der Waals surface area (Å²) < 4.78 is 14.1. The van der Waals surface area contributed by atoms with E-state index in [2.05, 4.69) is 15.0 Å². The molecule has 0 radical (unpaired) electrons. The highest BCUT2D eigenvalue weighted by atomic mass is 35.5. The number of nitrogen functional groups attached to an aromatic ring is 1. The van der Waals surface area contributed by atoms with Gasteiger partial charge in [-0.25, -0.2) is 14.4 Å². The lowest BCUT2D eigenvalue weighted by molar-refractivity contribution is 0.0767. The average molecular weight is 474 g/mol. The summed E-state index contributed by atoms with van der Waals surface area (Å²) in [4.78, 5) is 26.5. The number of nitrogens with two attached hydrogens (primary N) is 1. The minimum absolute atomic E-state index is 0.136. The summed E-state index contributed by atoms with van der Waals surface area (Å²) in [6.45, 7) is 0.909. The second-order valence-corrected chi connectivity index (χ2v) is 8.45. The largest absolute Gasteiger partial charge is 0.368 e. The molecule has 0 aliphatic carbocycles. The number of nitrogens with zero attached hydrogens (tertiary/aromatic N) is 3.